The van der Waals surface area contributed by atoms with Crippen molar-refractivity contribution >= 4 is 33.2 Å². The van der Waals surface area contributed by atoms with Crippen molar-refractivity contribution < 1.29 is 13.2 Å². The predicted molar refractivity (Wildman–Crippen MR) is 136 cm³/mol. The number of piperazine rings is 1. The van der Waals surface area contributed by atoms with E-state index in [1.807, 2.05) is 19.2 Å². The number of nitrogens with zero attached hydrogens (tertiary/aromatic N) is 6. The zero-order valence-electron chi connectivity index (χ0n) is 21.3. The van der Waals surface area contributed by atoms with Crippen molar-refractivity contribution in [3.63, 3.8) is 0 Å². The summed E-state index contributed by atoms with van der Waals surface area (Å²) in [4.78, 5) is 33.5. The molecule has 2 saturated heterocycles. The van der Waals surface area contributed by atoms with E-state index in [-0.39, 0.29) is 29.2 Å². The van der Waals surface area contributed by atoms with E-state index < -0.39 is 14.6 Å². The van der Waals surface area contributed by atoms with Crippen LogP contribution in [0.15, 0.2) is 24.7 Å². The number of rotatable bonds is 3. The highest BCUT2D eigenvalue weighted by Crippen LogP contribution is 2.47. The fourth-order valence-corrected chi connectivity index (χ4v) is 7.16. The van der Waals surface area contributed by atoms with Crippen molar-refractivity contribution in [2.45, 2.75) is 70.2 Å². The molecule has 2 aromatic heterocycles. The zero-order valence-corrected chi connectivity index (χ0v) is 22.1. The predicted octanol–water partition coefficient (Wildman–Crippen LogP) is 2.61. The van der Waals surface area contributed by atoms with Gasteiger partial charge in [-0.3, -0.25) is 4.79 Å². The fraction of sp³-hybridized carbons (Fsp3) is 0.600. The van der Waals surface area contributed by atoms with Crippen LogP contribution in [0.4, 0.5) is 17.5 Å². The first-order chi connectivity index (χ1) is 16.4. The molecule has 0 aliphatic carbocycles. The molecular weight excluding hydrogens is 464 g/mol. The topological polar surface area (TPSA) is 99.6 Å². The summed E-state index contributed by atoms with van der Waals surface area (Å²) in [5.41, 5.74) is 2.01. The number of aryl methyl sites for hydroxylation is 1. The molecule has 0 unspecified atom stereocenters. The Hall–Kier alpha value is -2.75. The summed E-state index contributed by atoms with van der Waals surface area (Å²) in [7, 11) is -3.37. The SMILES string of the molecule is Cc1ccnc(N2CC(C)(C)c3c2ncnc3N2C[C@@H](C)N(C(=O)[C@]3(C)CCS3(=O)=O)C[C@@H]2C)c1. The molecule has 1 amide bonds. The van der Waals surface area contributed by atoms with Crippen LogP contribution in [0.5, 0.6) is 0 Å². The first-order valence-corrected chi connectivity index (χ1v) is 13.9. The fourth-order valence-electron chi connectivity index (χ4n) is 5.62. The second kappa shape index (κ2) is 7.88. The summed E-state index contributed by atoms with van der Waals surface area (Å²) < 4.78 is 23.5. The Morgan fingerprint density at radius 3 is 2.40 bits per heavy atom. The van der Waals surface area contributed by atoms with Gasteiger partial charge in [0, 0.05) is 48.9 Å². The van der Waals surface area contributed by atoms with Gasteiger partial charge in [-0.1, -0.05) is 13.8 Å². The molecule has 5 rings (SSSR count). The summed E-state index contributed by atoms with van der Waals surface area (Å²) in [5, 5.41) is 0. The van der Waals surface area contributed by atoms with Gasteiger partial charge >= 0.3 is 0 Å². The summed E-state index contributed by atoms with van der Waals surface area (Å²) in [5.74, 6) is 2.43. The number of anilines is 3. The maximum atomic E-state index is 13.3. The number of amides is 1. The van der Waals surface area contributed by atoms with Gasteiger partial charge in [0.15, 0.2) is 9.84 Å². The van der Waals surface area contributed by atoms with E-state index in [0.717, 1.165) is 35.1 Å². The van der Waals surface area contributed by atoms with Crippen LogP contribution in [0, 0.1) is 6.92 Å². The minimum Gasteiger partial charge on any atom is -0.350 e. The molecule has 0 N–H and O–H groups in total. The highest BCUT2D eigenvalue weighted by atomic mass is 32.2. The van der Waals surface area contributed by atoms with Gasteiger partial charge in [0.1, 0.15) is 28.5 Å². The van der Waals surface area contributed by atoms with Crippen LogP contribution < -0.4 is 9.80 Å². The summed E-state index contributed by atoms with van der Waals surface area (Å²) >= 11 is 0. The van der Waals surface area contributed by atoms with Crippen LogP contribution in [0.1, 0.15) is 52.2 Å². The third-order valence-corrected chi connectivity index (χ3v) is 10.5. The number of carbonyl (C=O) groups excluding carboxylic acids is 1. The van der Waals surface area contributed by atoms with Gasteiger partial charge in [-0.2, -0.15) is 0 Å². The van der Waals surface area contributed by atoms with Crippen molar-refractivity contribution in [1.82, 2.24) is 19.9 Å². The zero-order chi connectivity index (χ0) is 25.3. The Kier molecular flexibility index (Phi) is 5.39. The molecule has 2 fully saturated rings. The molecule has 9 nitrogen and oxygen atoms in total. The normalized spacial score (nSPS) is 29.0. The van der Waals surface area contributed by atoms with Crippen LogP contribution in [0.25, 0.3) is 0 Å². The largest absolute Gasteiger partial charge is 0.350 e. The average Bonchev–Trinajstić information content (AvgIpc) is 3.09. The van der Waals surface area contributed by atoms with Crippen molar-refractivity contribution in [2.24, 2.45) is 0 Å². The standard InChI is InChI=1S/C25H34N6O3S/c1-16-7-9-26-19(11-16)31-14-24(4,5)20-21(27-15-28-22(20)31)29-12-18(3)30(13-17(29)2)23(32)25(6)8-10-35(25,33)34/h7,9,11,15,17-18H,8,10,12-14H2,1-6H3/t17-,18+,25-/m0/s1. The van der Waals surface area contributed by atoms with Crippen molar-refractivity contribution in [2.75, 3.05) is 35.2 Å². The van der Waals surface area contributed by atoms with Gasteiger partial charge in [-0.25, -0.2) is 23.4 Å². The van der Waals surface area contributed by atoms with Gasteiger partial charge in [-0.15, -0.1) is 0 Å². The van der Waals surface area contributed by atoms with E-state index in [9.17, 15) is 13.2 Å². The Bertz CT molecular complexity index is 1300. The summed E-state index contributed by atoms with van der Waals surface area (Å²) in [6.07, 6.45) is 3.82. The molecule has 5 heterocycles. The van der Waals surface area contributed by atoms with Crippen LogP contribution >= 0.6 is 0 Å². The third-order valence-electron chi connectivity index (χ3n) is 7.98. The van der Waals surface area contributed by atoms with Crippen molar-refractivity contribution in [1.29, 1.82) is 0 Å². The molecule has 35 heavy (non-hydrogen) atoms. The third kappa shape index (κ3) is 3.59. The van der Waals surface area contributed by atoms with E-state index in [4.69, 9.17) is 4.98 Å². The first kappa shape index (κ1) is 24.0. The van der Waals surface area contributed by atoms with Crippen LogP contribution in [-0.4, -0.2) is 76.4 Å². The first-order valence-electron chi connectivity index (χ1n) is 12.2. The van der Waals surface area contributed by atoms with Gasteiger partial charge < -0.3 is 14.7 Å². The molecule has 188 valence electrons. The van der Waals surface area contributed by atoms with E-state index in [1.54, 1.807) is 18.2 Å². The van der Waals surface area contributed by atoms with Crippen LogP contribution in [0.2, 0.25) is 0 Å². The molecule has 0 saturated carbocycles. The molecular formula is C25H34N6O3S. The van der Waals surface area contributed by atoms with E-state index >= 15 is 0 Å². The maximum Gasteiger partial charge on any atom is 0.244 e. The lowest BCUT2D eigenvalue weighted by Gasteiger charge is -2.49. The van der Waals surface area contributed by atoms with Gasteiger partial charge in [0.25, 0.3) is 0 Å². The molecule has 3 aliphatic rings. The summed E-state index contributed by atoms with van der Waals surface area (Å²) in [6.45, 7) is 13.8. The van der Waals surface area contributed by atoms with Crippen molar-refractivity contribution in [3.05, 3.63) is 35.8 Å². The molecule has 0 radical (unpaired) electrons. The Labute approximate surface area is 207 Å². The second-order valence-electron chi connectivity index (χ2n) is 11.2. The Morgan fingerprint density at radius 1 is 1.06 bits per heavy atom. The molecule has 2 aromatic rings. The highest BCUT2D eigenvalue weighted by molar-refractivity contribution is 7.95. The van der Waals surface area contributed by atoms with Gasteiger partial charge in [0.05, 0.1) is 5.75 Å². The lowest BCUT2D eigenvalue weighted by Crippen LogP contribution is -2.66. The number of carbonyl (C=O) groups is 1. The van der Waals surface area contributed by atoms with Crippen molar-refractivity contribution in [3.8, 4) is 0 Å². The smallest absolute Gasteiger partial charge is 0.244 e. The molecule has 3 aliphatic heterocycles. The van der Waals surface area contributed by atoms with Crippen LogP contribution in [0.3, 0.4) is 0 Å². The monoisotopic (exact) mass is 498 g/mol. The minimum atomic E-state index is -3.37. The number of hydrogen-bond donors (Lipinski definition) is 0. The lowest BCUT2D eigenvalue weighted by atomic mass is 9.87. The summed E-state index contributed by atoms with van der Waals surface area (Å²) in [6, 6.07) is 3.88. The minimum absolute atomic E-state index is 0.0255. The number of aromatic nitrogens is 3. The van der Waals surface area contributed by atoms with E-state index in [2.05, 4.69) is 53.5 Å². The number of pyridine rings is 1. The highest BCUT2D eigenvalue weighted by Gasteiger charge is 2.57. The van der Waals surface area contributed by atoms with E-state index in [0.29, 0.717) is 19.5 Å². The van der Waals surface area contributed by atoms with Gasteiger partial charge in [0.2, 0.25) is 5.91 Å². The quantitative estimate of drug-likeness (QED) is 0.637. The molecule has 0 aromatic carbocycles. The van der Waals surface area contributed by atoms with E-state index in [1.165, 1.54) is 0 Å². The second-order valence-corrected chi connectivity index (χ2v) is 13.7. The Morgan fingerprint density at radius 2 is 1.77 bits per heavy atom. The molecule has 3 atom stereocenters. The lowest BCUT2D eigenvalue weighted by molar-refractivity contribution is -0.137. The number of hydrogen-bond acceptors (Lipinski definition) is 8. The molecule has 10 heteroatoms. The molecule has 0 bridgehead atoms. The molecule has 0 spiro atoms. The average molecular weight is 499 g/mol. The maximum absolute atomic E-state index is 13.3. The number of sulfone groups is 1. The van der Waals surface area contributed by atoms with Gasteiger partial charge in [-0.05, 0) is 51.8 Å². The number of fused-ring (bicyclic) bond motifs is 1. The Balaban J connectivity index is 1.47. The van der Waals surface area contributed by atoms with Crippen LogP contribution in [-0.2, 0) is 20.0 Å².